The maximum absolute atomic E-state index is 13.0. The predicted molar refractivity (Wildman–Crippen MR) is 275 cm³/mol. The van der Waals surface area contributed by atoms with Crippen LogP contribution in [0.4, 0.5) is 0 Å². The van der Waals surface area contributed by atoms with Crippen molar-refractivity contribution >= 4 is 5.97 Å². The quantitative estimate of drug-likeness (QED) is 0.0172. The van der Waals surface area contributed by atoms with Crippen molar-refractivity contribution in [3.8, 4) is 0 Å². The Balaban J connectivity index is 1.67. The van der Waals surface area contributed by atoms with Crippen molar-refractivity contribution in [1.29, 1.82) is 0 Å². The Morgan fingerprint density at radius 3 is 1.44 bits per heavy atom. The molecule has 7 N–H and O–H groups in total. The number of carbonyl (C=O) groups excluding carboxylic acids is 1. The molecule has 2 aliphatic heterocycles. The minimum absolute atomic E-state index is 0.0583. The second-order valence-electron chi connectivity index (χ2n) is 19.8. The molecule has 0 aliphatic carbocycles. The molecule has 2 rings (SSSR count). The van der Waals surface area contributed by atoms with Gasteiger partial charge in [0.15, 0.2) is 12.6 Å². The highest BCUT2D eigenvalue weighted by atomic mass is 16.7. The fraction of sp³-hybridized carbons (Fsp3) is 0.875. The minimum atomic E-state index is -1.71. The van der Waals surface area contributed by atoms with E-state index in [9.17, 15) is 40.5 Å². The van der Waals surface area contributed by atoms with Crippen LogP contribution in [0, 0.1) is 0 Å². The first-order valence-corrected chi connectivity index (χ1v) is 28.1. The van der Waals surface area contributed by atoms with Crippen LogP contribution >= 0.6 is 0 Å². The first-order chi connectivity index (χ1) is 34.1. The van der Waals surface area contributed by atoms with Crippen LogP contribution in [0.5, 0.6) is 0 Å². The molecule has 0 aromatic heterocycles. The molecule has 2 saturated heterocycles. The van der Waals surface area contributed by atoms with Gasteiger partial charge in [-0.3, -0.25) is 4.79 Å². The van der Waals surface area contributed by atoms with Gasteiger partial charge in [0.1, 0.15) is 54.9 Å². The number of rotatable bonds is 45. The summed E-state index contributed by atoms with van der Waals surface area (Å²) < 4.78 is 34.3. The number of hydrogen-bond acceptors (Lipinski definition) is 14. The summed E-state index contributed by atoms with van der Waals surface area (Å²) in [7, 11) is 0. The molecule has 0 bridgehead atoms. The number of aliphatic hydroxyl groups excluding tert-OH is 7. The Labute approximate surface area is 423 Å². The van der Waals surface area contributed by atoms with Crippen molar-refractivity contribution in [3.63, 3.8) is 0 Å². The third kappa shape index (κ3) is 30.4. The van der Waals surface area contributed by atoms with Crippen molar-refractivity contribution in [1.82, 2.24) is 0 Å². The number of esters is 1. The predicted octanol–water partition coefficient (Wildman–Crippen LogP) is 9.36. The first kappa shape index (κ1) is 64.3. The summed E-state index contributed by atoms with van der Waals surface area (Å²) in [5.41, 5.74) is 0. The second kappa shape index (κ2) is 43.6. The molecular formula is C56H102O14. The van der Waals surface area contributed by atoms with E-state index in [0.717, 1.165) is 57.8 Å². The lowest BCUT2D eigenvalue weighted by atomic mass is 9.98. The summed E-state index contributed by atoms with van der Waals surface area (Å²) in [4.78, 5) is 13.0. The van der Waals surface area contributed by atoms with E-state index in [-0.39, 0.29) is 25.6 Å². The molecule has 14 nitrogen and oxygen atoms in total. The van der Waals surface area contributed by atoms with Gasteiger partial charge in [-0.15, -0.1) is 0 Å². The first-order valence-electron chi connectivity index (χ1n) is 28.1. The summed E-state index contributed by atoms with van der Waals surface area (Å²) >= 11 is 0. The van der Waals surface area contributed by atoms with E-state index in [2.05, 4.69) is 50.3 Å². The Morgan fingerprint density at radius 2 is 0.914 bits per heavy atom. The highest BCUT2D eigenvalue weighted by Crippen LogP contribution is 2.26. The molecule has 0 saturated carbocycles. The third-order valence-corrected chi connectivity index (χ3v) is 13.4. The van der Waals surface area contributed by atoms with E-state index in [0.29, 0.717) is 13.0 Å². The zero-order valence-electron chi connectivity index (χ0n) is 43.8. The molecular weight excluding hydrogens is 897 g/mol. The standard InChI is InChI=1S/C56H102O14/c1-3-5-7-9-11-13-15-16-17-18-19-20-21-22-23-24-25-26-27-28-29-31-33-35-37-39-48(58)68-45(42-65-40-38-36-34-32-30-14-12-10-8-6-4-2)43-66-55-54(64)52(62)50(60)47(70-55)44-67-56-53(63)51(61)49(59)46(41-57)69-56/h8,10,15-16,18-19,45-47,49-57,59-64H,3-7,9,11-14,17,20-44H2,1-2H3/b10-8-,16-15-,19-18-. The van der Waals surface area contributed by atoms with Gasteiger partial charge in [-0.05, 0) is 64.2 Å². The van der Waals surface area contributed by atoms with E-state index in [1.54, 1.807) is 0 Å². The van der Waals surface area contributed by atoms with Gasteiger partial charge >= 0.3 is 5.97 Å². The van der Waals surface area contributed by atoms with Gasteiger partial charge in [-0.25, -0.2) is 0 Å². The summed E-state index contributed by atoms with van der Waals surface area (Å²) in [5.74, 6) is -0.379. The van der Waals surface area contributed by atoms with Crippen LogP contribution in [0.25, 0.3) is 0 Å². The Morgan fingerprint density at radius 1 is 0.471 bits per heavy atom. The van der Waals surface area contributed by atoms with Crippen LogP contribution < -0.4 is 0 Å². The molecule has 11 atom stereocenters. The maximum atomic E-state index is 13.0. The van der Waals surface area contributed by atoms with Crippen LogP contribution in [0.2, 0.25) is 0 Å². The van der Waals surface area contributed by atoms with E-state index in [1.165, 1.54) is 128 Å². The fourth-order valence-corrected chi connectivity index (χ4v) is 8.79. The lowest BCUT2D eigenvalue weighted by Gasteiger charge is -2.42. The highest BCUT2D eigenvalue weighted by molar-refractivity contribution is 5.69. The van der Waals surface area contributed by atoms with E-state index >= 15 is 0 Å². The van der Waals surface area contributed by atoms with Crippen molar-refractivity contribution in [2.24, 2.45) is 0 Å². The molecule has 410 valence electrons. The molecule has 70 heavy (non-hydrogen) atoms. The highest BCUT2D eigenvalue weighted by Gasteiger charge is 2.47. The van der Waals surface area contributed by atoms with Gasteiger partial charge in [0.25, 0.3) is 0 Å². The zero-order chi connectivity index (χ0) is 50.9. The maximum Gasteiger partial charge on any atom is 0.306 e. The smallest absolute Gasteiger partial charge is 0.306 e. The van der Waals surface area contributed by atoms with Gasteiger partial charge in [-0.2, -0.15) is 0 Å². The number of carbonyl (C=O) groups is 1. The van der Waals surface area contributed by atoms with E-state index < -0.39 is 80.7 Å². The Bertz CT molecular complexity index is 1300. The molecule has 2 aliphatic rings. The molecule has 0 spiro atoms. The van der Waals surface area contributed by atoms with Crippen LogP contribution in [0.3, 0.4) is 0 Å². The number of allylic oxidation sites excluding steroid dienone is 6. The monoisotopic (exact) mass is 999 g/mol. The van der Waals surface area contributed by atoms with Crippen LogP contribution in [0.15, 0.2) is 36.5 Å². The van der Waals surface area contributed by atoms with Crippen molar-refractivity contribution in [2.45, 2.75) is 280 Å². The number of hydrogen-bond donors (Lipinski definition) is 7. The molecule has 0 aromatic carbocycles. The van der Waals surface area contributed by atoms with Crippen molar-refractivity contribution in [2.75, 3.05) is 33.0 Å². The summed E-state index contributed by atoms with van der Waals surface area (Å²) in [6, 6.07) is 0. The molecule has 11 unspecified atom stereocenters. The number of aliphatic hydroxyl groups is 7. The summed E-state index contributed by atoms with van der Waals surface area (Å²) in [6.45, 7) is 3.62. The lowest BCUT2D eigenvalue weighted by molar-refractivity contribution is -0.332. The second-order valence-corrected chi connectivity index (χ2v) is 19.8. The summed E-state index contributed by atoms with van der Waals surface area (Å²) in [5, 5.41) is 72.2. The van der Waals surface area contributed by atoms with Crippen LogP contribution in [-0.4, -0.2) is 142 Å². The van der Waals surface area contributed by atoms with Crippen LogP contribution in [0.1, 0.15) is 213 Å². The third-order valence-electron chi connectivity index (χ3n) is 13.4. The van der Waals surface area contributed by atoms with Gasteiger partial charge in [0, 0.05) is 13.0 Å². The topological polar surface area (TPSA) is 214 Å². The summed E-state index contributed by atoms with van der Waals surface area (Å²) in [6.07, 6.45) is 33.6. The normalized spacial score (nSPS) is 25.7. The number of unbranched alkanes of at least 4 members (excludes halogenated alkanes) is 25. The van der Waals surface area contributed by atoms with Gasteiger partial charge in [0.05, 0.1) is 26.4 Å². The Kier molecular flexibility index (Phi) is 40.1. The minimum Gasteiger partial charge on any atom is -0.457 e. The van der Waals surface area contributed by atoms with E-state index in [4.69, 9.17) is 28.4 Å². The van der Waals surface area contributed by atoms with Gasteiger partial charge in [-0.1, -0.05) is 179 Å². The zero-order valence-corrected chi connectivity index (χ0v) is 43.8. The van der Waals surface area contributed by atoms with E-state index in [1.807, 2.05) is 0 Å². The number of ether oxygens (including phenoxy) is 6. The molecule has 14 heteroatoms. The molecule has 2 fully saturated rings. The van der Waals surface area contributed by atoms with Crippen molar-refractivity contribution in [3.05, 3.63) is 36.5 Å². The van der Waals surface area contributed by atoms with Crippen molar-refractivity contribution < 1.29 is 69.0 Å². The lowest BCUT2D eigenvalue weighted by Crippen LogP contribution is -2.61. The average molecular weight is 999 g/mol. The van der Waals surface area contributed by atoms with Crippen LogP contribution in [-0.2, 0) is 33.2 Å². The molecule has 2 heterocycles. The van der Waals surface area contributed by atoms with Gasteiger partial charge < -0.3 is 64.2 Å². The molecule has 0 amide bonds. The van der Waals surface area contributed by atoms with Gasteiger partial charge in [0.2, 0.25) is 0 Å². The molecule has 0 radical (unpaired) electrons. The average Bonchev–Trinajstić information content (AvgIpc) is 3.36. The fourth-order valence-electron chi connectivity index (χ4n) is 8.79. The largest absolute Gasteiger partial charge is 0.457 e. The Hall–Kier alpha value is -1.79. The SMILES string of the molecule is CCC/C=C\CCCCCCCCOCC(COC1OC(COC2OC(CO)C(O)C(O)C2O)C(O)C(O)C1O)OC(=O)CCCCCCCCCCCCCCC/C=C\C/C=C\CCCCCCC. The molecule has 0 aromatic rings.